The summed E-state index contributed by atoms with van der Waals surface area (Å²) in [5.41, 5.74) is 0.306. The monoisotopic (exact) mass is 221 g/mol. The summed E-state index contributed by atoms with van der Waals surface area (Å²) in [5, 5.41) is 9.39. The molecule has 3 nitrogen and oxygen atoms in total. The molecule has 1 heterocycles. The van der Waals surface area contributed by atoms with Crippen LogP contribution in [0.15, 0.2) is 29.1 Å². The van der Waals surface area contributed by atoms with Gasteiger partial charge < -0.3 is 10.1 Å². The van der Waals surface area contributed by atoms with Crippen LogP contribution >= 0.6 is 0 Å². The zero-order valence-electron chi connectivity index (χ0n) is 8.66. The summed E-state index contributed by atoms with van der Waals surface area (Å²) in [5.74, 6) is -0.507. The van der Waals surface area contributed by atoms with E-state index in [-0.39, 0.29) is 12.0 Å². The molecule has 16 heavy (non-hydrogen) atoms. The largest absolute Gasteiger partial charge is 0.396 e. The van der Waals surface area contributed by atoms with E-state index in [1.54, 1.807) is 18.2 Å². The Hall–Kier alpha value is -1.68. The SMILES string of the molecule is O=c1[nH]c(CCCO)cc2cccc(F)c12. The number of aryl methyl sites for hydroxylation is 1. The Labute approximate surface area is 91.5 Å². The molecule has 0 radical (unpaired) electrons. The number of hydrogen-bond acceptors (Lipinski definition) is 2. The van der Waals surface area contributed by atoms with E-state index in [0.29, 0.717) is 18.2 Å². The molecule has 2 N–H and O–H groups in total. The molecule has 0 saturated heterocycles. The average Bonchev–Trinajstić information content (AvgIpc) is 2.26. The number of hydrogen-bond donors (Lipinski definition) is 2. The van der Waals surface area contributed by atoms with Crippen molar-refractivity contribution in [2.45, 2.75) is 12.8 Å². The van der Waals surface area contributed by atoms with E-state index in [4.69, 9.17) is 5.11 Å². The molecule has 84 valence electrons. The standard InChI is InChI=1S/C12H12FNO2/c13-10-5-1-3-8-7-9(4-2-6-15)14-12(16)11(8)10/h1,3,5,7,15H,2,4,6H2,(H,14,16). The molecule has 0 fully saturated rings. The number of pyridine rings is 1. The van der Waals surface area contributed by atoms with Crippen molar-refractivity contribution >= 4 is 10.8 Å². The van der Waals surface area contributed by atoms with Crippen molar-refractivity contribution in [3.63, 3.8) is 0 Å². The van der Waals surface area contributed by atoms with Crippen molar-refractivity contribution in [2.24, 2.45) is 0 Å². The Kier molecular flexibility index (Phi) is 3.01. The Balaban J connectivity index is 2.55. The minimum atomic E-state index is -0.507. The predicted molar refractivity (Wildman–Crippen MR) is 59.9 cm³/mol. The number of fused-ring (bicyclic) bond motifs is 1. The lowest BCUT2D eigenvalue weighted by molar-refractivity contribution is 0.288. The molecular weight excluding hydrogens is 209 g/mol. The van der Waals surface area contributed by atoms with Crippen molar-refractivity contribution in [3.8, 4) is 0 Å². The van der Waals surface area contributed by atoms with Gasteiger partial charge in [-0.05, 0) is 30.4 Å². The van der Waals surface area contributed by atoms with Crippen molar-refractivity contribution < 1.29 is 9.50 Å². The number of nitrogens with one attached hydrogen (secondary N) is 1. The fourth-order valence-electron chi connectivity index (χ4n) is 1.74. The Bertz CT molecular complexity index is 562. The van der Waals surface area contributed by atoms with E-state index in [1.807, 2.05) is 0 Å². The third kappa shape index (κ3) is 1.97. The first kappa shape index (κ1) is 10.8. The number of benzene rings is 1. The Morgan fingerprint density at radius 3 is 2.94 bits per heavy atom. The first-order valence-electron chi connectivity index (χ1n) is 5.13. The minimum absolute atomic E-state index is 0.0726. The van der Waals surface area contributed by atoms with Crippen LogP contribution in [0.25, 0.3) is 10.8 Å². The smallest absolute Gasteiger partial charge is 0.258 e. The molecule has 0 bridgehead atoms. The summed E-state index contributed by atoms with van der Waals surface area (Å²) in [6, 6.07) is 6.30. The summed E-state index contributed by atoms with van der Waals surface area (Å²) >= 11 is 0. The third-order valence-corrected chi connectivity index (χ3v) is 2.48. The third-order valence-electron chi connectivity index (χ3n) is 2.48. The molecule has 0 aliphatic heterocycles. The number of rotatable bonds is 3. The molecule has 0 saturated carbocycles. The lowest BCUT2D eigenvalue weighted by Crippen LogP contribution is -2.11. The van der Waals surface area contributed by atoms with Gasteiger partial charge in [-0.15, -0.1) is 0 Å². The molecule has 1 aromatic heterocycles. The van der Waals surface area contributed by atoms with Crippen molar-refractivity contribution in [1.82, 2.24) is 4.98 Å². The normalized spacial score (nSPS) is 10.9. The van der Waals surface area contributed by atoms with Gasteiger partial charge in [-0.25, -0.2) is 4.39 Å². The van der Waals surface area contributed by atoms with E-state index in [0.717, 1.165) is 5.69 Å². The van der Waals surface area contributed by atoms with Crippen LogP contribution in [0.2, 0.25) is 0 Å². The molecule has 2 aromatic rings. The van der Waals surface area contributed by atoms with Gasteiger partial charge in [0, 0.05) is 12.3 Å². The summed E-state index contributed by atoms with van der Waals surface area (Å²) in [7, 11) is 0. The van der Waals surface area contributed by atoms with Crippen LogP contribution in [0, 0.1) is 5.82 Å². The highest BCUT2D eigenvalue weighted by Crippen LogP contribution is 2.14. The molecule has 0 aliphatic rings. The van der Waals surface area contributed by atoms with E-state index < -0.39 is 11.4 Å². The highest BCUT2D eigenvalue weighted by atomic mass is 19.1. The molecule has 1 aromatic carbocycles. The van der Waals surface area contributed by atoms with Gasteiger partial charge in [-0.3, -0.25) is 4.79 Å². The summed E-state index contributed by atoms with van der Waals surface area (Å²) in [6.45, 7) is 0.0726. The fourth-order valence-corrected chi connectivity index (χ4v) is 1.74. The number of aliphatic hydroxyl groups is 1. The van der Waals surface area contributed by atoms with Crippen LogP contribution in [0.5, 0.6) is 0 Å². The zero-order chi connectivity index (χ0) is 11.5. The highest BCUT2D eigenvalue weighted by Gasteiger charge is 2.06. The first-order chi connectivity index (χ1) is 7.72. The zero-order valence-corrected chi connectivity index (χ0v) is 8.66. The molecule has 2 rings (SSSR count). The number of aromatic nitrogens is 1. The molecule has 0 unspecified atom stereocenters. The Morgan fingerprint density at radius 1 is 1.38 bits per heavy atom. The second kappa shape index (κ2) is 4.45. The fraction of sp³-hybridized carbons (Fsp3) is 0.250. The summed E-state index contributed by atoms with van der Waals surface area (Å²) < 4.78 is 13.4. The number of aliphatic hydroxyl groups excluding tert-OH is 1. The van der Waals surface area contributed by atoms with Crippen LogP contribution in [0.1, 0.15) is 12.1 Å². The van der Waals surface area contributed by atoms with Crippen LogP contribution in [-0.4, -0.2) is 16.7 Å². The van der Waals surface area contributed by atoms with E-state index in [9.17, 15) is 9.18 Å². The van der Waals surface area contributed by atoms with E-state index >= 15 is 0 Å². The van der Waals surface area contributed by atoms with Gasteiger partial charge in [0.15, 0.2) is 0 Å². The molecule has 0 amide bonds. The molecular formula is C12H12FNO2. The van der Waals surface area contributed by atoms with Gasteiger partial charge in [-0.1, -0.05) is 12.1 Å². The van der Waals surface area contributed by atoms with Gasteiger partial charge in [0.25, 0.3) is 5.56 Å². The maximum Gasteiger partial charge on any atom is 0.258 e. The highest BCUT2D eigenvalue weighted by molar-refractivity contribution is 5.82. The van der Waals surface area contributed by atoms with Crippen LogP contribution in [0.4, 0.5) is 4.39 Å². The summed E-state index contributed by atoms with van der Waals surface area (Å²) in [6.07, 6.45) is 1.16. The first-order valence-corrected chi connectivity index (χ1v) is 5.13. The lowest BCUT2D eigenvalue weighted by atomic mass is 10.1. The number of H-pyrrole nitrogens is 1. The second-order valence-electron chi connectivity index (χ2n) is 3.65. The van der Waals surface area contributed by atoms with Gasteiger partial charge in [0.1, 0.15) is 5.82 Å². The van der Waals surface area contributed by atoms with Crippen LogP contribution in [-0.2, 0) is 6.42 Å². The molecule has 0 atom stereocenters. The molecule has 0 spiro atoms. The van der Waals surface area contributed by atoms with Crippen LogP contribution < -0.4 is 5.56 Å². The van der Waals surface area contributed by atoms with Crippen molar-refractivity contribution in [1.29, 1.82) is 0 Å². The number of aromatic amines is 1. The molecule has 4 heteroatoms. The van der Waals surface area contributed by atoms with Crippen LogP contribution in [0.3, 0.4) is 0 Å². The Morgan fingerprint density at radius 2 is 2.19 bits per heavy atom. The summed E-state index contributed by atoms with van der Waals surface area (Å²) in [4.78, 5) is 14.2. The van der Waals surface area contributed by atoms with Gasteiger partial charge >= 0.3 is 0 Å². The molecule has 0 aliphatic carbocycles. The maximum absolute atomic E-state index is 13.4. The maximum atomic E-state index is 13.4. The van der Waals surface area contributed by atoms with Crippen molar-refractivity contribution in [3.05, 3.63) is 46.1 Å². The quantitative estimate of drug-likeness (QED) is 0.827. The average molecular weight is 221 g/mol. The minimum Gasteiger partial charge on any atom is -0.396 e. The van der Waals surface area contributed by atoms with Gasteiger partial charge in [0.05, 0.1) is 5.39 Å². The van der Waals surface area contributed by atoms with E-state index in [2.05, 4.69) is 4.98 Å². The van der Waals surface area contributed by atoms with E-state index in [1.165, 1.54) is 6.07 Å². The lowest BCUT2D eigenvalue weighted by Gasteiger charge is -2.03. The second-order valence-corrected chi connectivity index (χ2v) is 3.65. The van der Waals surface area contributed by atoms with Gasteiger partial charge in [0.2, 0.25) is 0 Å². The van der Waals surface area contributed by atoms with Gasteiger partial charge in [-0.2, -0.15) is 0 Å². The predicted octanol–water partition coefficient (Wildman–Crippen LogP) is 1.59. The topological polar surface area (TPSA) is 53.1 Å². The number of halogens is 1. The van der Waals surface area contributed by atoms with Crippen molar-refractivity contribution in [2.75, 3.05) is 6.61 Å².